The molecule has 0 spiro atoms. The first-order valence-corrected chi connectivity index (χ1v) is 16.7. The molecule has 7 rings (SSSR count). The van der Waals surface area contributed by atoms with Crippen molar-refractivity contribution in [2.45, 2.75) is 62.6 Å². The second-order valence-corrected chi connectivity index (χ2v) is 13.7. The molecular weight excluding hydrogens is 647 g/mol. The second-order valence-electron chi connectivity index (χ2n) is 13.7. The molecule has 0 unspecified atom stereocenters. The van der Waals surface area contributed by atoms with Crippen LogP contribution in [0.3, 0.4) is 0 Å². The standard InChI is InChI=1S/C38H38F3N5O4/c1-37(36(43)48)19-50-34-29(37)16-30(46-31(34)13-20-6-11-26-22(12-20)4-3-5-28(26)38(39,40)41)27(21-7-8-21)18-45-35(47)23-14-24(17-44-25-9-10-25)33(42)32(15-23)49-2/h3-6,11,13-17,21,25,27H,7-10,12,18-19,42H2,1-2H3,(H2,43,48)(H,45,47)/b20-13+,44-17?/t27-,37-/m0/s1. The minimum atomic E-state index is -4.47. The third kappa shape index (κ3) is 6.46. The molecule has 2 aromatic carbocycles. The zero-order chi connectivity index (χ0) is 35.4. The lowest BCUT2D eigenvalue weighted by Crippen LogP contribution is -2.40. The van der Waals surface area contributed by atoms with E-state index in [4.69, 9.17) is 25.9 Å². The number of anilines is 1. The zero-order valence-corrected chi connectivity index (χ0v) is 27.8. The highest BCUT2D eigenvalue weighted by atomic mass is 19.4. The van der Waals surface area contributed by atoms with Gasteiger partial charge in [0.05, 0.1) is 24.4 Å². The van der Waals surface area contributed by atoms with Gasteiger partial charge in [-0.3, -0.25) is 14.6 Å². The Morgan fingerprint density at radius 1 is 1.18 bits per heavy atom. The van der Waals surface area contributed by atoms with E-state index in [-0.39, 0.29) is 48.9 Å². The van der Waals surface area contributed by atoms with Crippen molar-refractivity contribution in [1.29, 1.82) is 0 Å². The van der Waals surface area contributed by atoms with Gasteiger partial charge < -0.3 is 26.3 Å². The minimum Gasteiger partial charge on any atom is -0.495 e. The van der Waals surface area contributed by atoms with E-state index in [0.29, 0.717) is 50.8 Å². The maximum atomic E-state index is 13.7. The summed E-state index contributed by atoms with van der Waals surface area (Å²) in [6.07, 6.45) is 6.35. The molecule has 4 aliphatic rings. The number of halogens is 3. The van der Waals surface area contributed by atoms with Crippen LogP contribution in [0.2, 0.25) is 0 Å². The Morgan fingerprint density at radius 3 is 2.64 bits per heavy atom. The molecule has 260 valence electrons. The number of alkyl halides is 3. The number of hydrogen-bond donors (Lipinski definition) is 3. The highest BCUT2D eigenvalue weighted by Gasteiger charge is 2.45. The molecule has 1 aliphatic heterocycles. The van der Waals surface area contributed by atoms with E-state index in [2.05, 4.69) is 10.3 Å². The van der Waals surface area contributed by atoms with E-state index in [0.717, 1.165) is 37.3 Å². The topological polar surface area (TPSA) is 142 Å². The molecular formula is C38H38F3N5O4. The fraction of sp³-hybridized carbons (Fsp3) is 0.368. The number of allylic oxidation sites excluding steroid dienone is 2. The number of nitrogen functional groups attached to an aromatic ring is 1. The van der Waals surface area contributed by atoms with Gasteiger partial charge in [-0.15, -0.1) is 0 Å². The number of methoxy groups -OCH3 is 1. The van der Waals surface area contributed by atoms with Gasteiger partial charge in [-0.05, 0) is 92.0 Å². The molecule has 0 radical (unpaired) electrons. The molecule has 5 N–H and O–H groups in total. The number of fused-ring (bicyclic) bond motifs is 2. The molecule has 3 aromatic rings. The van der Waals surface area contributed by atoms with Crippen molar-refractivity contribution in [3.63, 3.8) is 0 Å². The number of primary amides is 1. The normalized spacial score (nSPS) is 21.1. The quantitative estimate of drug-likeness (QED) is 0.177. The van der Waals surface area contributed by atoms with Crippen LogP contribution in [-0.2, 0) is 22.8 Å². The average Bonchev–Trinajstić information content (AvgIpc) is 4.03. The van der Waals surface area contributed by atoms with Crippen LogP contribution in [0.25, 0.3) is 12.2 Å². The van der Waals surface area contributed by atoms with Crippen LogP contribution in [0.4, 0.5) is 18.9 Å². The third-order valence-corrected chi connectivity index (χ3v) is 10.0. The van der Waals surface area contributed by atoms with Gasteiger partial charge in [-0.1, -0.05) is 24.3 Å². The van der Waals surface area contributed by atoms with Gasteiger partial charge in [0.15, 0.2) is 0 Å². The first-order chi connectivity index (χ1) is 23.9. The summed E-state index contributed by atoms with van der Waals surface area (Å²) in [6.45, 7) is 2.03. The predicted octanol–water partition coefficient (Wildman–Crippen LogP) is 5.98. The molecule has 12 heteroatoms. The van der Waals surface area contributed by atoms with Crippen molar-refractivity contribution < 1.29 is 32.2 Å². The van der Waals surface area contributed by atoms with Gasteiger partial charge >= 0.3 is 6.18 Å². The minimum absolute atomic E-state index is 0.0305. The lowest BCUT2D eigenvalue weighted by molar-refractivity contribution is -0.137. The number of nitrogens with two attached hydrogens (primary N) is 2. The molecule has 2 saturated carbocycles. The van der Waals surface area contributed by atoms with Crippen molar-refractivity contribution in [1.82, 2.24) is 10.3 Å². The number of carbonyl (C=O) groups is 2. The van der Waals surface area contributed by atoms with Crippen LogP contribution in [0.5, 0.6) is 11.5 Å². The molecule has 2 atom stereocenters. The number of amides is 2. The van der Waals surface area contributed by atoms with Crippen LogP contribution in [0.15, 0.2) is 53.0 Å². The van der Waals surface area contributed by atoms with Gasteiger partial charge in [0.1, 0.15) is 29.2 Å². The molecule has 0 saturated heterocycles. The van der Waals surface area contributed by atoms with E-state index >= 15 is 0 Å². The zero-order valence-electron chi connectivity index (χ0n) is 27.8. The van der Waals surface area contributed by atoms with Crippen LogP contribution in [-0.4, -0.2) is 49.3 Å². The van der Waals surface area contributed by atoms with E-state index < -0.39 is 23.1 Å². The van der Waals surface area contributed by atoms with Crippen molar-refractivity contribution in [2.75, 3.05) is 26.0 Å². The van der Waals surface area contributed by atoms with Crippen molar-refractivity contribution >= 4 is 35.9 Å². The molecule has 2 heterocycles. The van der Waals surface area contributed by atoms with E-state index in [9.17, 15) is 22.8 Å². The Labute approximate surface area is 287 Å². The largest absolute Gasteiger partial charge is 0.495 e. The number of hydrogen-bond acceptors (Lipinski definition) is 7. The number of benzene rings is 2. The smallest absolute Gasteiger partial charge is 0.416 e. The number of aromatic nitrogens is 1. The predicted molar refractivity (Wildman–Crippen MR) is 184 cm³/mol. The third-order valence-electron chi connectivity index (χ3n) is 10.0. The van der Waals surface area contributed by atoms with E-state index in [1.54, 1.807) is 43.5 Å². The fourth-order valence-electron chi connectivity index (χ4n) is 6.66. The Balaban J connectivity index is 1.21. The maximum Gasteiger partial charge on any atom is 0.416 e. The molecule has 0 bridgehead atoms. The fourth-order valence-corrected chi connectivity index (χ4v) is 6.66. The number of aliphatic imine (C=N–C) groups is 1. The van der Waals surface area contributed by atoms with Crippen molar-refractivity contribution in [3.8, 4) is 11.5 Å². The monoisotopic (exact) mass is 685 g/mol. The number of carbonyl (C=O) groups excluding carboxylic acids is 2. The number of nitrogens with zero attached hydrogens (tertiary/aromatic N) is 2. The summed E-state index contributed by atoms with van der Waals surface area (Å²) >= 11 is 0. The molecule has 2 fully saturated rings. The summed E-state index contributed by atoms with van der Waals surface area (Å²) < 4.78 is 52.5. The molecule has 1 aromatic heterocycles. The van der Waals surface area contributed by atoms with Gasteiger partial charge in [0.2, 0.25) is 5.91 Å². The van der Waals surface area contributed by atoms with Gasteiger partial charge in [0, 0.05) is 41.1 Å². The van der Waals surface area contributed by atoms with Crippen molar-refractivity contribution in [2.24, 2.45) is 16.6 Å². The Morgan fingerprint density at radius 2 is 1.96 bits per heavy atom. The second kappa shape index (κ2) is 12.6. The molecule has 9 nitrogen and oxygen atoms in total. The van der Waals surface area contributed by atoms with Crippen LogP contribution >= 0.6 is 0 Å². The summed E-state index contributed by atoms with van der Waals surface area (Å²) in [5.74, 6) is -0.0125. The number of pyridine rings is 1. The molecule has 50 heavy (non-hydrogen) atoms. The highest BCUT2D eigenvalue weighted by Crippen LogP contribution is 2.47. The Hall–Kier alpha value is -5.13. The summed E-state index contributed by atoms with van der Waals surface area (Å²) in [5, 5.41) is 3.07. The summed E-state index contributed by atoms with van der Waals surface area (Å²) in [4.78, 5) is 35.8. The van der Waals surface area contributed by atoms with E-state index in [1.807, 2.05) is 6.07 Å². The molecule has 2 amide bonds. The first-order valence-electron chi connectivity index (χ1n) is 16.7. The van der Waals surface area contributed by atoms with Crippen LogP contribution in [0, 0.1) is 5.92 Å². The number of rotatable bonds is 10. The summed E-state index contributed by atoms with van der Waals surface area (Å²) in [5.41, 5.74) is 14.9. The summed E-state index contributed by atoms with van der Waals surface area (Å²) in [7, 11) is 1.50. The SMILES string of the molecule is COc1cc(C(=O)NC[C@H](c2cc3c(c(/C=C4\C=Cc5c(cccc5C(F)(F)F)C4)n2)OC[C@]3(C)C(N)=O)C2CC2)cc(C=NC2CC2)c1N. The first kappa shape index (κ1) is 33.4. The lowest BCUT2D eigenvalue weighted by atomic mass is 9.82. The number of ether oxygens (including phenoxy) is 2. The average molecular weight is 686 g/mol. The Kier molecular flexibility index (Phi) is 8.44. The van der Waals surface area contributed by atoms with Gasteiger partial charge in [0.25, 0.3) is 5.91 Å². The van der Waals surface area contributed by atoms with Crippen LogP contribution < -0.4 is 26.3 Å². The van der Waals surface area contributed by atoms with E-state index in [1.165, 1.54) is 19.3 Å². The maximum absolute atomic E-state index is 13.7. The summed E-state index contributed by atoms with van der Waals surface area (Å²) in [6, 6.07) is 9.61. The Bertz CT molecular complexity index is 1980. The van der Waals surface area contributed by atoms with Gasteiger partial charge in [-0.25, -0.2) is 4.98 Å². The lowest BCUT2D eigenvalue weighted by Gasteiger charge is -2.22. The van der Waals surface area contributed by atoms with Gasteiger partial charge in [-0.2, -0.15) is 13.2 Å². The van der Waals surface area contributed by atoms with Crippen LogP contribution in [0.1, 0.15) is 88.1 Å². The molecule has 3 aliphatic carbocycles. The highest BCUT2D eigenvalue weighted by molar-refractivity contribution is 5.99. The van der Waals surface area contributed by atoms with Crippen molar-refractivity contribution in [3.05, 3.63) is 92.8 Å². The number of nitrogens with one attached hydrogen (secondary N) is 1.